The molecule has 0 aliphatic rings. The van der Waals surface area contributed by atoms with Crippen molar-refractivity contribution >= 4 is 17.9 Å². The second kappa shape index (κ2) is 5.33. The van der Waals surface area contributed by atoms with Crippen LogP contribution in [0.1, 0.15) is 11.1 Å². The number of nitro benzene ring substituents is 1. The lowest BCUT2D eigenvalue weighted by Crippen LogP contribution is -2.24. The summed E-state index contributed by atoms with van der Waals surface area (Å²) in [5.74, 6) is 0. The molecule has 0 saturated heterocycles. The first-order valence-electron chi connectivity index (χ1n) is 4.66. The van der Waals surface area contributed by atoms with Crippen molar-refractivity contribution in [3.63, 3.8) is 0 Å². The zero-order valence-corrected chi connectivity index (χ0v) is 9.14. The van der Waals surface area contributed by atoms with E-state index in [-0.39, 0.29) is 0 Å². The summed E-state index contributed by atoms with van der Waals surface area (Å²) in [4.78, 5) is 19.9. The van der Waals surface area contributed by atoms with E-state index in [2.05, 4.69) is 10.8 Å². The number of para-hydroxylation sites is 1. The molecule has 0 aromatic heterocycles. The van der Waals surface area contributed by atoms with Crippen LogP contribution in [0.2, 0.25) is 0 Å². The molecule has 7 nitrogen and oxygen atoms in total. The Balaban J connectivity index is 3.29. The summed E-state index contributed by atoms with van der Waals surface area (Å²) in [6.45, 7) is 0. The van der Waals surface area contributed by atoms with Crippen LogP contribution in [0.4, 0.5) is 23.7 Å². The van der Waals surface area contributed by atoms with Crippen LogP contribution in [-0.2, 0) is 6.18 Å². The highest BCUT2D eigenvalue weighted by Gasteiger charge is 2.39. The fraction of sp³-hybridized carbons (Fsp3) is 0.111. The molecule has 0 atom stereocenters. The van der Waals surface area contributed by atoms with Crippen LogP contribution in [0.15, 0.2) is 23.3 Å². The number of primary amides is 1. The Labute approximate surface area is 104 Å². The van der Waals surface area contributed by atoms with Crippen LogP contribution in [0.3, 0.4) is 0 Å². The number of hydrogen-bond acceptors (Lipinski definition) is 4. The van der Waals surface area contributed by atoms with Gasteiger partial charge in [-0.2, -0.15) is 18.3 Å². The first-order chi connectivity index (χ1) is 8.73. The van der Waals surface area contributed by atoms with Gasteiger partial charge in [0, 0.05) is 0 Å². The highest BCUT2D eigenvalue weighted by molar-refractivity contribution is 5.87. The van der Waals surface area contributed by atoms with Gasteiger partial charge in [0.05, 0.1) is 16.7 Å². The maximum absolute atomic E-state index is 12.6. The first kappa shape index (κ1) is 14.4. The van der Waals surface area contributed by atoms with Gasteiger partial charge in [0.25, 0.3) is 5.69 Å². The number of nitrogens with one attached hydrogen (secondary N) is 1. The highest BCUT2D eigenvalue weighted by atomic mass is 19.4. The van der Waals surface area contributed by atoms with Crippen molar-refractivity contribution in [1.82, 2.24) is 5.43 Å². The summed E-state index contributed by atoms with van der Waals surface area (Å²) in [5.41, 5.74) is 3.44. The quantitative estimate of drug-likeness (QED) is 0.497. The Morgan fingerprint density at radius 3 is 2.58 bits per heavy atom. The molecule has 2 amide bonds. The Bertz CT molecular complexity index is 542. The molecule has 0 heterocycles. The summed E-state index contributed by atoms with van der Waals surface area (Å²) in [7, 11) is 0. The highest BCUT2D eigenvalue weighted by Crippen LogP contribution is 2.37. The molecule has 0 unspecified atom stereocenters. The van der Waals surface area contributed by atoms with E-state index < -0.39 is 33.9 Å². The topological polar surface area (TPSA) is 111 Å². The maximum atomic E-state index is 12.6. The van der Waals surface area contributed by atoms with Gasteiger partial charge in [0.2, 0.25) is 0 Å². The minimum atomic E-state index is -4.87. The van der Waals surface area contributed by atoms with E-state index in [0.29, 0.717) is 12.3 Å². The summed E-state index contributed by atoms with van der Waals surface area (Å²) < 4.78 is 37.8. The van der Waals surface area contributed by atoms with Crippen LogP contribution >= 0.6 is 0 Å². The largest absolute Gasteiger partial charge is 0.423 e. The molecule has 3 N–H and O–H groups in total. The van der Waals surface area contributed by atoms with Crippen LogP contribution in [0, 0.1) is 10.1 Å². The van der Waals surface area contributed by atoms with E-state index in [4.69, 9.17) is 0 Å². The van der Waals surface area contributed by atoms with E-state index in [1.165, 1.54) is 0 Å². The SMILES string of the molecule is NC(=O)NN=Cc1cccc(C(F)(F)F)c1[N+](=O)[O-]. The lowest BCUT2D eigenvalue weighted by atomic mass is 10.1. The van der Waals surface area contributed by atoms with Crippen molar-refractivity contribution in [2.45, 2.75) is 6.18 Å². The Kier molecular flexibility index (Phi) is 4.04. The number of halogens is 3. The van der Waals surface area contributed by atoms with E-state index in [1.54, 1.807) is 5.43 Å². The number of benzene rings is 1. The molecule has 1 aromatic rings. The summed E-state index contributed by atoms with van der Waals surface area (Å²) in [6, 6.07) is 1.57. The molecule has 102 valence electrons. The molecule has 0 aliphatic heterocycles. The van der Waals surface area contributed by atoms with E-state index >= 15 is 0 Å². The molecule has 1 aromatic carbocycles. The molecule has 0 bridgehead atoms. The molecule has 0 saturated carbocycles. The fourth-order valence-corrected chi connectivity index (χ4v) is 1.26. The summed E-state index contributed by atoms with van der Waals surface area (Å²) in [6.07, 6.45) is -4.17. The predicted molar refractivity (Wildman–Crippen MR) is 58.4 cm³/mol. The standard InChI is InChI=1S/C9H7F3N4O3/c10-9(11,12)6-3-1-2-5(7(6)16(18)19)4-14-15-8(13)17/h1-4H,(H3,13,15,17). The van der Waals surface area contributed by atoms with Crippen molar-refractivity contribution in [3.05, 3.63) is 39.4 Å². The average molecular weight is 276 g/mol. The maximum Gasteiger partial charge on any atom is 0.423 e. The minimum Gasteiger partial charge on any atom is -0.350 e. The molecular formula is C9H7F3N4O3. The molecule has 0 aliphatic carbocycles. The molecule has 19 heavy (non-hydrogen) atoms. The Hall–Kier alpha value is -2.65. The van der Waals surface area contributed by atoms with Crippen LogP contribution < -0.4 is 11.2 Å². The van der Waals surface area contributed by atoms with Gasteiger partial charge in [-0.25, -0.2) is 10.2 Å². The molecule has 0 spiro atoms. The molecule has 1 rings (SSSR count). The van der Waals surface area contributed by atoms with Crippen molar-refractivity contribution < 1.29 is 22.9 Å². The van der Waals surface area contributed by atoms with E-state index in [9.17, 15) is 28.1 Å². The van der Waals surface area contributed by atoms with Gasteiger partial charge >= 0.3 is 12.2 Å². The summed E-state index contributed by atoms with van der Waals surface area (Å²) >= 11 is 0. The lowest BCUT2D eigenvalue weighted by molar-refractivity contribution is -0.388. The zero-order valence-electron chi connectivity index (χ0n) is 9.14. The zero-order chi connectivity index (χ0) is 14.6. The van der Waals surface area contributed by atoms with Crippen LogP contribution in [0.25, 0.3) is 0 Å². The monoisotopic (exact) mass is 276 g/mol. The van der Waals surface area contributed by atoms with E-state index in [1.807, 2.05) is 0 Å². The number of hydrogen-bond donors (Lipinski definition) is 2. The van der Waals surface area contributed by atoms with Gasteiger partial charge in [-0.05, 0) is 12.1 Å². The molecular weight excluding hydrogens is 269 g/mol. The molecule has 0 fully saturated rings. The number of nitrogens with zero attached hydrogens (tertiary/aromatic N) is 2. The number of carbonyl (C=O) groups excluding carboxylic acids is 1. The smallest absolute Gasteiger partial charge is 0.350 e. The third kappa shape index (κ3) is 3.66. The molecule has 0 radical (unpaired) electrons. The lowest BCUT2D eigenvalue weighted by Gasteiger charge is -2.08. The van der Waals surface area contributed by atoms with E-state index in [0.717, 1.165) is 12.1 Å². The number of nitrogens with two attached hydrogens (primary N) is 1. The van der Waals surface area contributed by atoms with Crippen LogP contribution in [0.5, 0.6) is 0 Å². The number of rotatable bonds is 3. The first-order valence-corrected chi connectivity index (χ1v) is 4.66. The average Bonchev–Trinajstić information content (AvgIpc) is 2.26. The number of nitro groups is 1. The van der Waals surface area contributed by atoms with Crippen LogP contribution in [-0.4, -0.2) is 17.2 Å². The van der Waals surface area contributed by atoms with Gasteiger partial charge in [0.1, 0.15) is 5.56 Å². The van der Waals surface area contributed by atoms with Gasteiger partial charge < -0.3 is 5.73 Å². The summed E-state index contributed by atoms with van der Waals surface area (Å²) in [5, 5.41) is 13.9. The third-order valence-corrected chi connectivity index (χ3v) is 1.93. The normalized spacial score (nSPS) is 11.5. The number of carbonyl (C=O) groups is 1. The van der Waals surface area contributed by atoms with Crippen molar-refractivity contribution in [1.29, 1.82) is 0 Å². The van der Waals surface area contributed by atoms with Crippen molar-refractivity contribution in [3.8, 4) is 0 Å². The second-order valence-corrected chi connectivity index (χ2v) is 3.23. The number of amides is 2. The predicted octanol–water partition coefficient (Wildman–Crippen LogP) is 1.62. The molecule has 10 heteroatoms. The third-order valence-electron chi connectivity index (χ3n) is 1.93. The fourth-order valence-electron chi connectivity index (χ4n) is 1.26. The van der Waals surface area contributed by atoms with Crippen molar-refractivity contribution in [2.24, 2.45) is 10.8 Å². The number of hydrazone groups is 1. The van der Waals surface area contributed by atoms with Gasteiger partial charge in [0.15, 0.2) is 0 Å². The minimum absolute atomic E-state index is 0.409. The van der Waals surface area contributed by atoms with Gasteiger partial charge in [-0.3, -0.25) is 10.1 Å². The van der Waals surface area contributed by atoms with Gasteiger partial charge in [-0.15, -0.1) is 0 Å². The second-order valence-electron chi connectivity index (χ2n) is 3.23. The van der Waals surface area contributed by atoms with Crippen molar-refractivity contribution in [2.75, 3.05) is 0 Å². The number of urea groups is 1. The Morgan fingerprint density at radius 2 is 2.11 bits per heavy atom. The van der Waals surface area contributed by atoms with Gasteiger partial charge in [-0.1, -0.05) is 6.07 Å². The number of alkyl halides is 3. The Morgan fingerprint density at radius 1 is 1.47 bits per heavy atom.